The van der Waals surface area contributed by atoms with Gasteiger partial charge < -0.3 is 4.57 Å². The van der Waals surface area contributed by atoms with Crippen LogP contribution in [-0.2, 0) is 0 Å². The molecule has 3 aromatic carbocycles. The molecule has 4 aromatic rings. The van der Waals surface area contributed by atoms with Gasteiger partial charge in [0.05, 0.1) is 12.4 Å². The van der Waals surface area contributed by atoms with Gasteiger partial charge in [-0.25, -0.2) is 4.98 Å². The van der Waals surface area contributed by atoms with Crippen LogP contribution in [0, 0.1) is 3.57 Å². The summed E-state index contributed by atoms with van der Waals surface area (Å²) in [6, 6.07) is 28.1. The maximum atomic E-state index is 4.23. The van der Waals surface area contributed by atoms with Crippen LogP contribution in [0.25, 0.3) is 11.1 Å². The van der Waals surface area contributed by atoms with Gasteiger partial charge in [0.1, 0.15) is 0 Å². The highest BCUT2D eigenvalue weighted by atomic mass is 127. The second kappa shape index (κ2) is 7.23. The summed E-state index contributed by atoms with van der Waals surface area (Å²) >= 11 is 2.33. The van der Waals surface area contributed by atoms with Crippen LogP contribution in [0.2, 0.25) is 0 Å². The molecular formula is C22H17IN2. The van der Waals surface area contributed by atoms with Crippen molar-refractivity contribution in [3.63, 3.8) is 0 Å². The largest absolute Gasteiger partial charge is 0.326 e. The SMILES string of the molecule is Ic1ccc(-c2ccc(C(c3ccccc3)n3ccnc3)cc2)cc1. The molecule has 0 fully saturated rings. The lowest BCUT2D eigenvalue weighted by atomic mass is 9.96. The molecule has 0 aliphatic heterocycles. The summed E-state index contributed by atoms with van der Waals surface area (Å²) < 4.78 is 3.40. The van der Waals surface area contributed by atoms with Crippen LogP contribution in [0.1, 0.15) is 17.2 Å². The zero-order chi connectivity index (χ0) is 17.1. The molecular weight excluding hydrogens is 419 g/mol. The molecule has 1 heterocycles. The van der Waals surface area contributed by atoms with E-state index >= 15 is 0 Å². The monoisotopic (exact) mass is 436 g/mol. The van der Waals surface area contributed by atoms with Crippen molar-refractivity contribution in [2.75, 3.05) is 0 Å². The fraction of sp³-hybridized carbons (Fsp3) is 0.0455. The van der Waals surface area contributed by atoms with Crippen LogP contribution in [0.4, 0.5) is 0 Å². The van der Waals surface area contributed by atoms with Gasteiger partial charge in [0.2, 0.25) is 0 Å². The lowest BCUT2D eigenvalue weighted by molar-refractivity contribution is 0.677. The van der Waals surface area contributed by atoms with Gasteiger partial charge in [-0.2, -0.15) is 0 Å². The Morgan fingerprint density at radius 2 is 1.32 bits per heavy atom. The fourth-order valence-corrected chi connectivity index (χ4v) is 3.45. The van der Waals surface area contributed by atoms with Crippen molar-refractivity contribution in [3.05, 3.63) is 112 Å². The summed E-state index contributed by atoms with van der Waals surface area (Å²) in [6.07, 6.45) is 5.73. The lowest BCUT2D eigenvalue weighted by Crippen LogP contribution is -2.10. The highest BCUT2D eigenvalue weighted by Crippen LogP contribution is 2.29. The van der Waals surface area contributed by atoms with E-state index in [0.29, 0.717) is 0 Å². The third-order valence-electron chi connectivity index (χ3n) is 4.34. The molecule has 1 aromatic heterocycles. The van der Waals surface area contributed by atoms with Gasteiger partial charge in [-0.1, -0.05) is 66.7 Å². The van der Waals surface area contributed by atoms with E-state index in [9.17, 15) is 0 Å². The smallest absolute Gasteiger partial charge is 0.0954 e. The molecule has 0 aliphatic rings. The summed E-state index contributed by atoms with van der Waals surface area (Å²) in [5.74, 6) is 0. The number of nitrogens with zero attached hydrogens (tertiary/aromatic N) is 2. The van der Waals surface area contributed by atoms with Crippen molar-refractivity contribution in [2.45, 2.75) is 6.04 Å². The van der Waals surface area contributed by atoms with Gasteiger partial charge in [0.15, 0.2) is 0 Å². The Morgan fingerprint density at radius 1 is 0.720 bits per heavy atom. The van der Waals surface area contributed by atoms with Crippen molar-refractivity contribution >= 4 is 22.6 Å². The van der Waals surface area contributed by atoms with E-state index in [1.807, 2.05) is 24.8 Å². The zero-order valence-electron chi connectivity index (χ0n) is 13.6. The Morgan fingerprint density at radius 3 is 1.92 bits per heavy atom. The molecule has 2 nitrogen and oxygen atoms in total. The minimum Gasteiger partial charge on any atom is -0.326 e. The van der Waals surface area contributed by atoms with Crippen LogP contribution in [0.3, 0.4) is 0 Å². The minimum absolute atomic E-state index is 0.134. The number of benzene rings is 3. The summed E-state index contributed by atoms with van der Waals surface area (Å²) in [5.41, 5.74) is 4.98. The summed E-state index contributed by atoms with van der Waals surface area (Å²) in [7, 11) is 0. The molecule has 0 saturated carbocycles. The summed E-state index contributed by atoms with van der Waals surface area (Å²) in [6.45, 7) is 0. The van der Waals surface area contributed by atoms with E-state index < -0.39 is 0 Å². The van der Waals surface area contributed by atoms with Crippen molar-refractivity contribution in [1.29, 1.82) is 0 Å². The van der Waals surface area contributed by atoms with Crippen LogP contribution in [0.5, 0.6) is 0 Å². The summed E-state index contributed by atoms with van der Waals surface area (Å²) in [5, 5.41) is 0. The minimum atomic E-state index is 0.134. The molecule has 1 atom stereocenters. The van der Waals surface area contributed by atoms with Gasteiger partial charge in [0.25, 0.3) is 0 Å². The highest BCUT2D eigenvalue weighted by Gasteiger charge is 2.15. The Balaban J connectivity index is 1.72. The molecule has 25 heavy (non-hydrogen) atoms. The summed E-state index contributed by atoms with van der Waals surface area (Å²) in [4.78, 5) is 4.23. The van der Waals surface area contributed by atoms with E-state index in [0.717, 1.165) is 0 Å². The molecule has 0 amide bonds. The number of halogens is 1. The van der Waals surface area contributed by atoms with Crippen molar-refractivity contribution in [1.82, 2.24) is 9.55 Å². The van der Waals surface area contributed by atoms with Gasteiger partial charge in [-0.05, 0) is 57.0 Å². The van der Waals surface area contributed by atoms with E-state index in [1.54, 1.807) is 0 Å². The van der Waals surface area contributed by atoms with Crippen molar-refractivity contribution < 1.29 is 0 Å². The maximum absolute atomic E-state index is 4.23. The number of aromatic nitrogens is 2. The van der Waals surface area contributed by atoms with Crippen LogP contribution < -0.4 is 0 Å². The standard InChI is InChI=1S/C22H17IN2/c23-21-12-10-18(11-13-21)17-6-8-20(9-7-17)22(25-15-14-24-16-25)19-4-2-1-3-5-19/h1-16,22H. The van der Waals surface area contributed by atoms with E-state index in [-0.39, 0.29) is 6.04 Å². The number of hydrogen-bond acceptors (Lipinski definition) is 1. The normalized spacial score (nSPS) is 12.0. The van der Waals surface area contributed by atoms with E-state index in [1.165, 1.54) is 25.8 Å². The quantitative estimate of drug-likeness (QED) is 0.370. The first-order chi connectivity index (χ1) is 12.3. The Hall–Kier alpha value is -2.40. The Labute approximate surface area is 161 Å². The zero-order valence-corrected chi connectivity index (χ0v) is 15.7. The third kappa shape index (κ3) is 3.51. The molecule has 4 rings (SSSR count). The highest BCUT2D eigenvalue weighted by molar-refractivity contribution is 14.1. The van der Waals surface area contributed by atoms with Crippen LogP contribution in [-0.4, -0.2) is 9.55 Å². The van der Waals surface area contributed by atoms with Crippen LogP contribution in [0.15, 0.2) is 97.6 Å². The molecule has 0 radical (unpaired) electrons. The Kier molecular flexibility index (Phi) is 4.65. The maximum Gasteiger partial charge on any atom is 0.0954 e. The molecule has 122 valence electrons. The number of hydrogen-bond donors (Lipinski definition) is 0. The fourth-order valence-electron chi connectivity index (χ4n) is 3.09. The molecule has 3 heteroatoms. The molecule has 0 bridgehead atoms. The molecule has 0 saturated heterocycles. The first-order valence-corrected chi connectivity index (χ1v) is 9.27. The van der Waals surface area contributed by atoms with Gasteiger partial charge in [0, 0.05) is 16.0 Å². The molecule has 0 N–H and O–H groups in total. The number of rotatable bonds is 4. The first kappa shape index (κ1) is 16.1. The van der Waals surface area contributed by atoms with Gasteiger partial charge in [-0.3, -0.25) is 0 Å². The molecule has 0 spiro atoms. The average Bonchev–Trinajstić information content (AvgIpc) is 3.18. The predicted molar refractivity (Wildman–Crippen MR) is 111 cm³/mol. The van der Waals surface area contributed by atoms with Crippen molar-refractivity contribution in [3.8, 4) is 11.1 Å². The average molecular weight is 436 g/mol. The predicted octanol–water partition coefficient (Wildman–Crippen LogP) is 5.79. The van der Waals surface area contributed by atoms with Crippen LogP contribution >= 0.6 is 22.6 Å². The lowest BCUT2D eigenvalue weighted by Gasteiger charge is -2.20. The topological polar surface area (TPSA) is 17.8 Å². The third-order valence-corrected chi connectivity index (χ3v) is 5.06. The molecule has 1 unspecified atom stereocenters. The second-order valence-electron chi connectivity index (χ2n) is 5.95. The molecule has 0 aliphatic carbocycles. The van der Waals surface area contributed by atoms with Gasteiger partial charge >= 0.3 is 0 Å². The van der Waals surface area contributed by atoms with Gasteiger partial charge in [-0.15, -0.1) is 0 Å². The van der Waals surface area contributed by atoms with Crippen molar-refractivity contribution in [2.24, 2.45) is 0 Å². The van der Waals surface area contributed by atoms with E-state index in [4.69, 9.17) is 0 Å². The second-order valence-corrected chi connectivity index (χ2v) is 7.20. The number of imidazole rings is 1. The first-order valence-electron chi connectivity index (χ1n) is 8.19. The van der Waals surface area contributed by atoms with E-state index in [2.05, 4.69) is 105 Å². The Bertz CT molecular complexity index is 928.